The summed E-state index contributed by atoms with van der Waals surface area (Å²) in [5.41, 5.74) is 1.06. The van der Waals surface area contributed by atoms with Crippen LogP contribution < -0.4 is 10.1 Å². The van der Waals surface area contributed by atoms with E-state index in [2.05, 4.69) is 5.32 Å². The first-order chi connectivity index (χ1) is 12.5. The van der Waals surface area contributed by atoms with Gasteiger partial charge >= 0.3 is 6.09 Å². The van der Waals surface area contributed by atoms with E-state index in [0.717, 1.165) is 10.8 Å². The third-order valence-corrected chi connectivity index (χ3v) is 3.82. The minimum Gasteiger partial charge on any atom is -0.410 e. The molecule has 3 rings (SSSR count). The van der Waals surface area contributed by atoms with E-state index in [1.165, 1.54) is 0 Å². The molecular formula is C21H20N2O3. The largest absolute Gasteiger partial charge is 0.417 e. The second-order valence-corrected chi connectivity index (χ2v) is 6.27. The quantitative estimate of drug-likeness (QED) is 0.702. The molecule has 1 amide bonds. The predicted molar refractivity (Wildman–Crippen MR) is 103 cm³/mol. The van der Waals surface area contributed by atoms with Gasteiger partial charge in [0.1, 0.15) is 5.75 Å². The molecule has 0 atom stereocenters. The Balaban J connectivity index is 1.68. The number of nitrogens with one attached hydrogen (secondary N) is 1. The smallest absolute Gasteiger partial charge is 0.410 e. The maximum atomic E-state index is 12.2. The first kappa shape index (κ1) is 17.6. The van der Waals surface area contributed by atoms with E-state index in [4.69, 9.17) is 4.74 Å². The second-order valence-electron chi connectivity index (χ2n) is 6.27. The minimum absolute atomic E-state index is 0.0125. The number of anilines is 1. The number of hydrogen-bond donors (Lipinski definition) is 1. The fraction of sp³-hybridized carbons (Fsp3) is 0.143. The van der Waals surface area contributed by atoms with Crippen LogP contribution in [0.25, 0.3) is 10.8 Å². The molecule has 132 valence electrons. The van der Waals surface area contributed by atoms with E-state index in [1.54, 1.807) is 35.2 Å². The average molecular weight is 348 g/mol. The van der Waals surface area contributed by atoms with Crippen LogP contribution in [0, 0.1) is 0 Å². The van der Waals surface area contributed by atoms with Gasteiger partial charge in [-0.1, -0.05) is 42.5 Å². The van der Waals surface area contributed by atoms with Crippen LogP contribution in [-0.2, 0) is 0 Å². The Labute approximate surface area is 152 Å². The summed E-state index contributed by atoms with van der Waals surface area (Å²) < 4.78 is 5.35. The van der Waals surface area contributed by atoms with Gasteiger partial charge in [0.05, 0.1) is 6.54 Å². The lowest BCUT2D eigenvalue weighted by Crippen LogP contribution is -2.22. The van der Waals surface area contributed by atoms with Crippen molar-refractivity contribution >= 4 is 28.3 Å². The molecule has 1 N–H and O–H groups in total. The number of ether oxygens (including phenoxy) is 1. The number of benzene rings is 3. The van der Waals surface area contributed by atoms with Gasteiger partial charge in [-0.05, 0) is 49.1 Å². The standard InChI is InChI=1S/C21H20N2O3/c1-23(2)14-20(24)17-8-5-9-18(12-17)22-21(25)26-19-11-10-15-6-3-4-7-16(15)13-19/h3-13H,14H2,1-2H3,(H,22,25). The lowest BCUT2D eigenvalue weighted by molar-refractivity contribution is 0.0958. The van der Waals surface area contributed by atoms with Gasteiger partial charge in [-0.15, -0.1) is 0 Å². The van der Waals surface area contributed by atoms with Gasteiger partial charge in [0.25, 0.3) is 0 Å². The number of likely N-dealkylation sites (N-methyl/N-ethyl adjacent to an activating group) is 1. The highest BCUT2D eigenvalue weighted by Crippen LogP contribution is 2.21. The van der Waals surface area contributed by atoms with E-state index in [0.29, 0.717) is 23.5 Å². The van der Waals surface area contributed by atoms with E-state index in [9.17, 15) is 9.59 Å². The Morgan fingerprint density at radius 3 is 2.46 bits per heavy atom. The van der Waals surface area contributed by atoms with Crippen molar-refractivity contribution in [2.75, 3.05) is 26.0 Å². The Kier molecular flexibility index (Phi) is 5.29. The maximum Gasteiger partial charge on any atom is 0.417 e. The monoisotopic (exact) mass is 348 g/mol. The van der Waals surface area contributed by atoms with Crippen molar-refractivity contribution in [2.45, 2.75) is 0 Å². The molecule has 0 bridgehead atoms. The Hall–Kier alpha value is -3.18. The molecular weight excluding hydrogens is 328 g/mol. The van der Waals surface area contributed by atoms with Crippen molar-refractivity contribution in [1.29, 1.82) is 0 Å². The summed E-state index contributed by atoms with van der Waals surface area (Å²) in [4.78, 5) is 26.1. The van der Waals surface area contributed by atoms with Gasteiger partial charge < -0.3 is 9.64 Å². The molecule has 5 nitrogen and oxygen atoms in total. The number of fused-ring (bicyclic) bond motifs is 1. The average Bonchev–Trinajstić information content (AvgIpc) is 2.61. The fourth-order valence-electron chi connectivity index (χ4n) is 2.63. The van der Waals surface area contributed by atoms with E-state index >= 15 is 0 Å². The molecule has 5 heteroatoms. The summed E-state index contributed by atoms with van der Waals surface area (Å²) in [6.07, 6.45) is -0.600. The van der Waals surface area contributed by atoms with Crippen molar-refractivity contribution in [1.82, 2.24) is 4.90 Å². The van der Waals surface area contributed by atoms with Crippen LogP contribution in [0.5, 0.6) is 5.75 Å². The van der Waals surface area contributed by atoms with E-state index in [-0.39, 0.29) is 5.78 Å². The highest BCUT2D eigenvalue weighted by molar-refractivity contribution is 5.99. The zero-order valence-corrected chi connectivity index (χ0v) is 14.7. The highest BCUT2D eigenvalue weighted by atomic mass is 16.6. The number of rotatable bonds is 5. The molecule has 0 saturated carbocycles. The Bertz CT molecular complexity index is 951. The van der Waals surface area contributed by atoms with E-state index < -0.39 is 6.09 Å². The summed E-state index contributed by atoms with van der Waals surface area (Å²) in [6, 6.07) is 20.1. The van der Waals surface area contributed by atoms with Crippen molar-refractivity contribution in [2.24, 2.45) is 0 Å². The molecule has 26 heavy (non-hydrogen) atoms. The molecule has 0 aliphatic heterocycles. The molecule has 0 aromatic heterocycles. The van der Waals surface area contributed by atoms with E-state index in [1.807, 2.05) is 50.5 Å². The van der Waals surface area contributed by atoms with Crippen LogP contribution in [0.3, 0.4) is 0 Å². The van der Waals surface area contributed by atoms with Crippen LogP contribution >= 0.6 is 0 Å². The van der Waals surface area contributed by atoms with Gasteiger partial charge in [0.2, 0.25) is 0 Å². The van der Waals surface area contributed by atoms with Crippen molar-refractivity contribution in [3.63, 3.8) is 0 Å². The lowest BCUT2D eigenvalue weighted by Gasteiger charge is -2.10. The number of amides is 1. The molecule has 0 aliphatic carbocycles. The summed E-state index contributed by atoms with van der Waals surface area (Å²) >= 11 is 0. The topological polar surface area (TPSA) is 58.6 Å². The molecule has 0 radical (unpaired) electrons. The number of carbonyl (C=O) groups excluding carboxylic acids is 2. The Morgan fingerprint density at radius 2 is 1.69 bits per heavy atom. The normalized spacial score (nSPS) is 10.7. The number of Topliss-reactive ketones (excluding diaryl/α,β-unsaturated/α-hetero) is 1. The van der Waals surface area contributed by atoms with Gasteiger partial charge in [-0.3, -0.25) is 10.1 Å². The van der Waals surface area contributed by atoms with Crippen molar-refractivity contribution in [3.05, 3.63) is 72.3 Å². The summed E-state index contributed by atoms with van der Waals surface area (Å²) in [6.45, 7) is 0.311. The molecule has 0 unspecified atom stereocenters. The van der Waals surface area contributed by atoms with Crippen LogP contribution in [0.1, 0.15) is 10.4 Å². The number of carbonyl (C=O) groups is 2. The van der Waals surface area contributed by atoms with Gasteiger partial charge in [-0.2, -0.15) is 0 Å². The molecule has 0 saturated heterocycles. The third-order valence-electron chi connectivity index (χ3n) is 3.82. The zero-order valence-electron chi connectivity index (χ0n) is 14.7. The second kappa shape index (κ2) is 7.80. The Morgan fingerprint density at radius 1 is 0.923 bits per heavy atom. The first-order valence-corrected chi connectivity index (χ1v) is 8.27. The molecule has 0 heterocycles. The SMILES string of the molecule is CN(C)CC(=O)c1cccc(NC(=O)Oc2ccc3ccccc3c2)c1. The molecule has 0 aliphatic rings. The molecule has 0 spiro atoms. The predicted octanol–water partition coefficient (Wildman–Crippen LogP) is 4.20. The highest BCUT2D eigenvalue weighted by Gasteiger charge is 2.10. The number of nitrogens with zero attached hydrogens (tertiary/aromatic N) is 1. The fourth-order valence-corrected chi connectivity index (χ4v) is 2.63. The van der Waals surface area contributed by atoms with Crippen LogP contribution in [-0.4, -0.2) is 37.4 Å². The molecule has 0 fully saturated rings. The van der Waals surface area contributed by atoms with Crippen molar-refractivity contribution < 1.29 is 14.3 Å². The van der Waals surface area contributed by atoms with Crippen LogP contribution in [0.15, 0.2) is 66.7 Å². The van der Waals surface area contributed by atoms with Gasteiger partial charge in [0.15, 0.2) is 5.78 Å². The van der Waals surface area contributed by atoms with Crippen LogP contribution in [0.4, 0.5) is 10.5 Å². The number of ketones is 1. The lowest BCUT2D eigenvalue weighted by atomic mass is 10.1. The third kappa shape index (κ3) is 4.46. The first-order valence-electron chi connectivity index (χ1n) is 8.27. The number of hydrogen-bond acceptors (Lipinski definition) is 4. The summed E-state index contributed by atoms with van der Waals surface area (Å²) in [5.74, 6) is 0.447. The van der Waals surface area contributed by atoms with Crippen LogP contribution in [0.2, 0.25) is 0 Å². The summed E-state index contributed by atoms with van der Waals surface area (Å²) in [7, 11) is 3.67. The minimum atomic E-state index is -0.600. The van der Waals surface area contributed by atoms with Gasteiger partial charge in [-0.25, -0.2) is 4.79 Å². The summed E-state index contributed by atoms with van der Waals surface area (Å²) in [5, 5.41) is 4.73. The van der Waals surface area contributed by atoms with Crippen molar-refractivity contribution in [3.8, 4) is 5.75 Å². The van der Waals surface area contributed by atoms with Gasteiger partial charge in [0, 0.05) is 11.3 Å². The molecule has 3 aromatic carbocycles. The maximum absolute atomic E-state index is 12.2. The zero-order chi connectivity index (χ0) is 18.5. The molecule has 3 aromatic rings.